The summed E-state index contributed by atoms with van der Waals surface area (Å²) < 4.78 is 1.98. The number of nitrogens with zero attached hydrogens (tertiary/aromatic N) is 1. The summed E-state index contributed by atoms with van der Waals surface area (Å²) in [6, 6.07) is 11.8. The predicted molar refractivity (Wildman–Crippen MR) is 87.1 cm³/mol. The van der Waals surface area contributed by atoms with E-state index in [2.05, 4.69) is 0 Å². The van der Waals surface area contributed by atoms with E-state index in [4.69, 9.17) is 10.2 Å². The van der Waals surface area contributed by atoms with Gasteiger partial charge >= 0.3 is 5.97 Å². The first-order valence-electron chi connectivity index (χ1n) is 7.03. The van der Waals surface area contributed by atoms with Gasteiger partial charge in [0.1, 0.15) is 0 Å². The van der Waals surface area contributed by atoms with Crippen molar-refractivity contribution in [3.8, 4) is 0 Å². The Kier molecular flexibility index (Phi) is 5.15. The van der Waals surface area contributed by atoms with Gasteiger partial charge in [-0.2, -0.15) is 0 Å². The number of aliphatic hydroxyl groups excluding tert-OH is 1. The van der Waals surface area contributed by atoms with Gasteiger partial charge in [-0.25, -0.2) is 4.79 Å². The van der Waals surface area contributed by atoms with E-state index < -0.39 is 17.5 Å². The van der Waals surface area contributed by atoms with Crippen molar-refractivity contribution in [2.45, 2.75) is 13.5 Å². The van der Waals surface area contributed by atoms with Crippen LogP contribution in [0.1, 0.15) is 16.8 Å². The molecule has 0 spiro atoms. The lowest BCUT2D eigenvalue weighted by Crippen LogP contribution is -2.03. The van der Waals surface area contributed by atoms with Crippen LogP contribution in [0.2, 0.25) is 0 Å². The number of allylic oxidation sites excluding steroid dienone is 2. The molecule has 0 fully saturated rings. The van der Waals surface area contributed by atoms with Crippen LogP contribution < -0.4 is 0 Å². The first kappa shape index (κ1) is 16.3. The molecule has 0 radical (unpaired) electrons. The second-order valence-electron chi connectivity index (χ2n) is 5.06. The molecule has 118 valence electrons. The largest absolute Gasteiger partial charge is 0.502 e. The fraction of sp³-hybridized carbons (Fsp3) is 0.111. The number of aryl methyl sites for hydroxylation is 1. The van der Waals surface area contributed by atoms with Gasteiger partial charge in [0, 0.05) is 24.5 Å². The molecule has 0 amide bonds. The average Bonchev–Trinajstić information content (AvgIpc) is 2.94. The molecule has 5 nitrogen and oxygen atoms in total. The van der Waals surface area contributed by atoms with Crippen molar-refractivity contribution in [3.05, 3.63) is 77.3 Å². The van der Waals surface area contributed by atoms with Gasteiger partial charge in [-0.15, -0.1) is 0 Å². The highest BCUT2D eigenvalue weighted by Gasteiger charge is 2.06. The number of hydrogen-bond donors (Lipinski definition) is 2. The van der Waals surface area contributed by atoms with Crippen LogP contribution >= 0.6 is 0 Å². The number of carboxylic acid groups (broad SMARTS) is 1. The quantitative estimate of drug-likeness (QED) is 0.635. The van der Waals surface area contributed by atoms with Crippen molar-refractivity contribution in [3.63, 3.8) is 0 Å². The van der Waals surface area contributed by atoms with Gasteiger partial charge in [0.2, 0.25) is 5.76 Å². The van der Waals surface area contributed by atoms with E-state index in [1.807, 2.05) is 54.1 Å². The maximum atomic E-state index is 11.6. The number of carbonyl (C=O) groups excluding carboxylic acids is 1. The Morgan fingerprint density at radius 2 is 1.87 bits per heavy atom. The zero-order valence-corrected chi connectivity index (χ0v) is 12.6. The Hall–Kier alpha value is -3.08. The molecule has 1 aromatic heterocycles. The molecule has 0 unspecified atom stereocenters. The Balaban J connectivity index is 2.14. The van der Waals surface area contributed by atoms with Crippen LogP contribution in [0.5, 0.6) is 0 Å². The molecule has 0 aliphatic heterocycles. The number of hydrogen-bond acceptors (Lipinski definition) is 3. The number of rotatable bonds is 6. The second kappa shape index (κ2) is 7.26. The van der Waals surface area contributed by atoms with Gasteiger partial charge < -0.3 is 14.8 Å². The number of carboxylic acids is 1. The van der Waals surface area contributed by atoms with E-state index in [0.29, 0.717) is 12.6 Å². The molecule has 0 atom stereocenters. The summed E-state index contributed by atoms with van der Waals surface area (Å²) in [6.07, 6.45) is 5.39. The number of ketones is 1. The van der Waals surface area contributed by atoms with E-state index in [1.165, 1.54) is 17.2 Å². The highest BCUT2D eigenvalue weighted by molar-refractivity contribution is 6.05. The first-order chi connectivity index (χ1) is 11.0. The fourth-order valence-electron chi connectivity index (χ4n) is 2.11. The lowest BCUT2D eigenvalue weighted by molar-refractivity contribution is -0.135. The molecule has 0 saturated carbocycles. The normalized spacial score (nSPS) is 11.8. The van der Waals surface area contributed by atoms with Gasteiger partial charge in [-0.05, 0) is 42.3 Å². The smallest absolute Gasteiger partial charge is 0.371 e. The van der Waals surface area contributed by atoms with Crippen LogP contribution in [-0.4, -0.2) is 26.5 Å². The summed E-state index contributed by atoms with van der Waals surface area (Å²) in [5, 5.41) is 17.6. The molecule has 5 heteroatoms. The van der Waals surface area contributed by atoms with Gasteiger partial charge in [0.25, 0.3) is 0 Å². The zero-order valence-electron chi connectivity index (χ0n) is 12.6. The molecule has 2 N–H and O–H groups in total. The van der Waals surface area contributed by atoms with Crippen molar-refractivity contribution in [1.82, 2.24) is 4.57 Å². The number of benzene rings is 1. The standard InChI is InChI=1S/C18H17NO4/c1-13-5-2-3-6-14(13)12-19-10-4-7-15(19)8-9-16(20)11-17(21)18(22)23/h2-11,21H,12H2,1H3,(H,22,23)/b9-8+,17-11?. The van der Waals surface area contributed by atoms with Crippen LogP contribution in [0.15, 0.2) is 60.5 Å². The molecule has 2 rings (SSSR count). The molecule has 23 heavy (non-hydrogen) atoms. The molecular weight excluding hydrogens is 294 g/mol. The number of carbonyl (C=O) groups is 2. The van der Waals surface area contributed by atoms with Gasteiger partial charge in [0.15, 0.2) is 5.78 Å². The first-order valence-corrected chi connectivity index (χ1v) is 7.03. The van der Waals surface area contributed by atoms with Crippen molar-refractivity contribution >= 4 is 17.8 Å². The van der Waals surface area contributed by atoms with Gasteiger partial charge in [-0.3, -0.25) is 4.79 Å². The van der Waals surface area contributed by atoms with Gasteiger partial charge in [0.05, 0.1) is 0 Å². The Labute approximate surface area is 133 Å². The maximum Gasteiger partial charge on any atom is 0.371 e. The van der Waals surface area contributed by atoms with Crippen LogP contribution in [0.4, 0.5) is 0 Å². The summed E-state index contributed by atoms with van der Waals surface area (Å²) in [5.74, 6) is -3.10. The number of aliphatic hydroxyl groups is 1. The number of aromatic nitrogens is 1. The molecule has 2 aromatic rings. The van der Waals surface area contributed by atoms with Crippen molar-refractivity contribution in [1.29, 1.82) is 0 Å². The van der Waals surface area contributed by atoms with E-state index >= 15 is 0 Å². The topological polar surface area (TPSA) is 79.5 Å². The molecule has 0 aliphatic rings. The molecule has 1 aromatic carbocycles. The SMILES string of the molecule is Cc1ccccc1Cn1cccc1/C=C/C(=O)C=C(O)C(=O)O. The van der Waals surface area contributed by atoms with E-state index in [1.54, 1.807) is 6.08 Å². The third-order valence-electron chi connectivity index (χ3n) is 3.38. The minimum absolute atomic E-state index is 0.589. The lowest BCUT2D eigenvalue weighted by atomic mass is 10.1. The van der Waals surface area contributed by atoms with E-state index in [9.17, 15) is 9.59 Å². The monoisotopic (exact) mass is 311 g/mol. The second-order valence-corrected chi connectivity index (χ2v) is 5.06. The maximum absolute atomic E-state index is 11.6. The summed E-state index contributed by atoms with van der Waals surface area (Å²) in [7, 11) is 0. The van der Waals surface area contributed by atoms with Crippen LogP contribution in [-0.2, 0) is 16.1 Å². The van der Waals surface area contributed by atoms with Crippen LogP contribution in [0.25, 0.3) is 6.08 Å². The third kappa shape index (κ3) is 4.44. The fourth-order valence-corrected chi connectivity index (χ4v) is 2.11. The van der Waals surface area contributed by atoms with Crippen molar-refractivity contribution < 1.29 is 19.8 Å². The minimum Gasteiger partial charge on any atom is -0.502 e. The van der Waals surface area contributed by atoms with Gasteiger partial charge in [-0.1, -0.05) is 24.3 Å². The summed E-state index contributed by atoms with van der Waals surface area (Å²) in [5.41, 5.74) is 3.17. The zero-order chi connectivity index (χ0) is 16.8. The molecule has 0 bridgehead atoms. The molecule has 0 saturated heterocycles. The molecular formula is C18H17NO4. The minimum atomic E-state index is -1.53. The third-order valence-corrected chi connectivity index (χ3v) is 3.38. The Bertz CT molecular complexity index is 784. The average molecular weight is 311 g/mol. The van der Waals surface area contributed by atoms with Crippen LogP contribution in [0, 0.1) is 6.92 Å². The van der Waals surface area contributed by atoms with Crippen LogP contribution in [0.3, 0.4) is 0 Å². The highest BCUT2D eigenvalue weighted by atomic mass is 16.4. The Morgan fingerprint density at radius 3 is 2.57 bits per heavy atom. The van der Waals surface area contributed by atoms with Crippen molar-refractivity contribution in [2.75, 3.05) is 0 Å². The van der Waals surface area contributed by atoms with E-state index in [-0.39, 0.29) is 0 Å². The summed E-state index contributed by atoms with van der Waals surface area (Å²) in [4.78, 5) is 22.0. The van der Waals surface area contributed by atoms with E-state index in [0.717, 1.165) is 5.69 Å². The van der Waals surface area contributed by atoms with Crippen molar-refractivity contribution in [2.24, 2.45) is 0 Å². The number of aliphatic carboxylic acids is 1. The molecule has 0 aliphatic carbocycles. The highest BCUT2D eigenvalue weighted by Crippen LogP contribution is 2.13. The lowest BCUT2D eigenvalue weighted by Gasteiger charge is -2.09. The predicted octanol–water partition coefficient (Wildman–Crippen LogP) is 2.95. The summed E-state index contributed by atoms with van der Waals surface area (Å²) >= 11 is 0. The molecule has 1 heterocycles. The Morgan fingerprint density at radius 1 is 1.13 bits per heavy atom. The summed E-state index contributed by atoms with van der Waals surface area (Å²) in [6.45, 7) is 2.71.